The average molecular weight is 250 g/mol. The lowest BCUT2D eigenvalue weighted by Gasteiger charge is -2.34. The number of hydrazine groups is 1. The van der Waals surface area contributed by atoms with E-state index in [9.17, 15) is 13.2 Å². The van der Waals surface area contributed by atoms with E-state index < -0.39 is 12.1 Å². The van der Waals surface area contributed by atoms with Crippen molar-refractivity contribution < 1.29 is 13.2 Å². The SMILES string of the molecule is C=C(C)CC(NN)C1CCC(C(F)(F)F)CC1. The summed E-state index contributed by atoms with van der Waals surface area (Å²) >= 11 is 0. The maximum atomic E-state index is 12.5. The lowest BCUT2D eigenvalue weighted by molar-refractivity contribution is -0.184. The van der Waals surface area contributed by atoms with Crippen molar-refractivity contribution in [3.05, 3.63) is 12.2 Å². The number of hydrogen-bond acceptors (Lipinski definition) is 2. The van der Waals surface area contributed by atoms with E-state index in [1.54, 1.807) is 0 Å². The van der Waals surface area contributed by atoms with Gasteiger partial charge in [0.15, 0.2) is 0 Å². The molecule has 0 aromatic rings. The predicted molar refractivity (Wildman–Crippen MR) is 62.0 cm³/mol. The van der Waals surface area contributed by atoms with Crippen molar-refractivity contribution in [1.82, 2.24) is 5.43 Å². The molecule has 0 amide bonds. The largest absolute Gasteiger partial charge is 0.391 e. The first-order valence-electron chi connectivity index (χ1n) is 6.01. The van der Waals surface area contributed by atoms with Crippen LogP contribution < -0.4 is 11.3 Å². The van der Waals surface area contributed by atoms with Crippen molar-refractivity contribution in [3.8, 4) is 0 Å². The molecule has 17 heavy (non-hydrogen) atoms. The van der Waals surface area contributed by atoms with E-state index in [1.807, 2.05) is 6.92 Å². The third kappa shape index (κ3) is 4.32. The van der Waals surface area contributed by atoms with Crippen LogP contribution in [-0.4, -0.2) is 12.2 Å². The van der Waals surface area contributed by atoms with Crippen LogP contribution in [0.5, 0.6) is 0 Å². The fraction of sp³-hybridized carbons (Fsp3) is 0.833. The summed E-state index contributed by atoms with van der Waals surface area (Å²) in [7, 11) is 0. The van der Waals surface area contributed by atoms with Crippen molar-refractivity contribution >= 4 is 0 Å². The second kappa shape index (κ2) is 5.87. The van der Waals surface area contributed by atoms with Crippen LogP contribution in [0, 0.1) is 11.8 Å². The van der Waals surface area contributed by atoms with Crippen LogP contribution in [0.25, 0.3) is 0 Å². The Balaban J connectivity index is 2.47. The Labute approximate surface area is 100 Å². The minimum absolute atomic E-state index is 0.0571. The van der Waals surface area contributed by atoms with E-state index in [0.717, 1.165) is 12.0 Å². The zero-order valence-corrected chi connectivity index (χ0v) is 10.2. The number of halogens is 3. The summed E-state index contributed by atoms with van der Waals surface area (Å²) < 4.78 is 37.5. The maximum absolute atomic E-state index is 12.5. The van der Waals surface area contributed by atoms with Gasteiger partial charge in [-0.1, -0.05) is 5.57 Å². The molecule has 0 saturated heterocycles. The Morgan fingerprint density at radius 1 is 1.35 bits per heavy atom. The van der Waals surface area contributed by atoms with Crippen molar-refractivity contribution in [3.63, 3.8) is 0 Å². The molecule has 0 heterocycles. The Kier molecular flexibility index (Phi) is 5.01. The molecule has 5 heteroatoms. The smallest absolute Gasteiger partial charge is 0.271 e. The van der Waals surface area contributed by atoms with Crippen LogP contribution in [0.4, 0.5) is 13.2 Å². The van der Waals surface area contributed by atoms with E-state index in [-0.39, 0.29) is 24.8 Å². The quantitative estimate of drug-likeness (QED) is 0.457. The minimum Gasteiger partial charge on any atom is -0.271 e. The maximum Gasteiger partial charge on any atom is 0.391 e. The van der Waals surface area contributed by atoms with Gasteiger partial charge in [0.2, 0.25) is 0 Å². The van der Waals surface area contributed by atoms with E-state index >= 15 is 0 Å². The first kappa shape index (κ1) is 14.5. The summed E-state index contributed by atoms with van der Waals surface area (Å²) in [5.74, 6) is 4.57. The number of nitrogens with one attached hydrogen (secondary N) is 1. The molecule has 1 unspecified atom stereocenters. The molecule has 3 N–H and O–H groups in total. The van der Waals surface area contributed by atoms with Gasteiger partial charge in [-0.3, -0.25) is 11.3 Å². The lowest BCUT2D eigenvalue weighted by atomic mass is 9.77. The van der Waals surface area contributed by atoms with Gasteiger partial charge in [-0.2, -0.15) is 13.2 Å². The molecule has 1 fully saturated rings. The Morgan fingerprint density at radius 3 is 2.24 bits per heavy atom. The van der Waals surface area contributed by atoms with Gasteiger partial charge in [0, 0.05) is 6.04 Å². The van der Waals surface area contributed by atoms with E-state index in [4.69, 9.17) is 5.84 Å². The van der Waals surface area contributed by atoms with Crippen molar-refractivity contribution in [2.75, 3.05) is 0 Å². The zero-order valence-electron chi connectivity index (χ0n) is 10.2. The van der Waals surface area contributed by atoms with Crippen molar-refractivity contribution in [2.45, 2.75) is 51.2 Å². The van der Waals surface area contributed by atoms with Gasteiger partial charge < -0.3 is 0 Å². The highest BCUT2D eigenvalue weighted by Gasteiger charge is 2.42. The molecule has 0 radical (unpaired) electrons. The molecule has 100 valence electrons. The molecule has 0 bridgehead atoms. The molecule has 1 aliphatic rings. The van der Waals surface area contributed by atoms with Crippen LogP contribution in [0.15, 0.2) is 12.2 Å². The summed E-state index contributed by atoms with van der Waals surface area (Å²) in [6.07, 6.45) is -1.67. The highest BCUT2D eigenvalue weighted by atomic mass is 19.4. The van der Waals surface area contributed by atoms with Crippen LogP contribution in [0.2, 0.25) is 0 Å². The molecule has 2 nitrogen and oxygen atoms in total. The molecule has 0 aromatic carbocycles. The summed E-state index contributed by atoms with van der Waals surface area (Å²) in [5.41, 5.74) is 3.72. The van der Waals surface area contributed by atoms with E-state index in [1.165, 1.54) is 0 Å². The molecule has 1 aliphatic carbocycles. The third-order valence-electron chi connectivity index (χ3n) is 3.59. The molecular formula is C12H21F3N2. The summed E-state index contributed by atoms with van der Waals surface area (Å²) in [6, 6.07) is 0.0571. The molecule has 1 rings (SSSR count). The van der Waals surface area contributed by atoms with Crippen molar-refractivity contribution in [2.24, 2.45) is 17.7 Å². The lowest BCUT2D eigenvalue weighted by Crippen LogP contribution is -2.43. The topological polar surface area (TPSA) is 38.0 Å². The second-order valence-corrected chi connectivity index (χ2v) is 5.09. The Bertz CT molecular complexity index is 255. The zero-order chi connectivity index (χ0) is 13.1. The number of alkyl halides is 3. The summed E-state index contributed by atoms with van der Waals surface area (Å²) in [6.45, 7) is 5.72. The Morgan fingerprint density at radius 2 is 1.88 bits per heavy atom. The van der Waals surface area contributed by atoms with Gasteiger partial charge in [-0.25, -0.2) is 0 Å². The van der Waals surface area contributed by atoms with Gasteiger partial charge >= 0.3 is 6.18 Å². The average Bonchev–Trinajstić information content (AvgIpc) is 2.24. The van der Waals surface area contributed by atoms with Gasteiger partial charge in [0.1, 0.15) is 0 Å². The number of rotatable bonds is 4. The molecular weight excluding hydrogens is 229 g/mol. The van der Waals surface area contributed by atoms with Crippen LogP contribution in [0.1, 0.15) is 39.0 Å². The van der Waals surface area contributed by atoms with Crippen LogP contribution in [0.3, 0.4) is 0 Å². The minimum atomic E-state index is -4.04. The third-order valence-corrected chi connectivity index (χ3v) is 3.59. The summed E-state index contributed by atoms with van der Waals surface area (Å²) in [5, 5.41) is 0. The molecule has 0 aliphatic heterocycles. The normalized spacial score (nSPS) is 27.8. The van der Waals surface area contributed by atoms with E-state index in [2.05, 4.69) is 12.0 Å². The van der Waals surface area contributed by atoms with E-state index in [0.29, 0.717) is 12.8 Å². The van der Waals surface area contributed by atoms with Crippen molar-refractivity contribution in [1.29, 1.82) is 0 Å². The molecule has 0 spiro atoms. The standard InChI is InChI=1S/C12H21F3N2/c1-8(2)7-11(17-16)9-3-5-10(6-4-9)12(13,14)15/h9-11,17H,1,3-7,16H2,2H3. The van der Waals surface area contributed by atoms with Gasteiger partial charge in [-0.05, 0) is 44.9 Å². The molecule has 1 atom stereocenters. The predicted octanol–water partition coefficient (Wildman–Crippen LogP) is 3.15. The monoisotopic (exact) mass is 250 g/mol. The number of nitrogens with two attached hydrogens (primary N) is 1. The van der Waals surface area contributed by atoms with Gasteiger partial charge in [0.05, 0.1) is 5.92 Å². The van der Waals surface area contributed by atoms with Crippen LogP contribution in [-0.2, 0) is 0 Å². The highest BCUT2D eigenvalue weighted by Crippen LogP contribution is 2.40. The number of hydrogen-bond donors (Lipinski definition) is 2. The van der Waals surface area contributed by atoms with Crippen LogP contribution >= 0.6 is 0 Å². The molecule has 1 saturated carbocycles. The molecule has 0 aromatic heterocycles. The summed E-state index contributed by atoms with van der Waals surface area (Å²) in [4.78, 5) is 0. The second-order valence-electron chi connectivity index (χ2n) is 5.09. The fourth-order valence-electron chi connectivity index (χ4n) is 2.59. The first-order valence-corrected chi connectivity index (χ1v) is 6.01. The highest BCUT2D eigenvalue weighted by molar-refractivity contribution is 4.95. The fourth-order valence-corrected chi connectivity index (χ4v) is 2.59. The first-order chi connectivity index (χ1) is 7.84. The van der Waals surface area contributed by atoms with Gasteiger partial charge in [-0.15, -0.1) is 6.58 Å². The van der Waals surface area contributed by atoms with Gasteiger partial charge in [0.25, 0.3) is 0 Å². The Hall–Kier alpha value is -0.550.